The van der Waals surface area contributed by atoms with Crippen LogP contribution in [0.1, 0.15) is 59.6 Å². The van der Waals surface area contributed by atoms with Gasteiger partial charge in [-0.15, -0.1) is 0 Å². The fraction of sp³-hybridized carbons (Fsp3) is 0.632. The highest BCUT2D eigenvalue weighted by Crippen LogP contribution is 2.37. The Kier molecular flexibility index (Phi) is 3.89. The smallest absolute Gasteiger partial charge is 0.399 e. The number of hydrogen-bond donors (Lipinski definition) is 0. The summed E-state index contributed by atoms with van der Waals surface area (Å²) >= 11 is 0. The summed E-state index contributed by atoms with van der Waals surface area (Å²) in [4.78, 5) is 5.61. The second-order valence-electron chi connectivity index (χ2n) is 8.55. The van der Waals surface area contributed by atoms with E-state index >= 15 is 0 Å². The highest BCUT2D eigenvalue weighted by molar-refractivity contribution is 6.62. The maximum Gasteiger partial charge on any atom is 0.495 e. The van der Waals surface area contributed by atoms with Crippen molar-refractivity contribution in [1.29, 1.82) is 0 Å². The van der Waals surface area contributed by atoms with Crippen molar-refractivity contribution in [2.24, 2.45) is 11.1 Å². The Morgan fingerprint density at radius 3 is 2.08 bits per heavy atom. The Morgan fingerprint density at radius 1 is 1.00 bits per heavy atom. The lowest BCUT2D eigenvalue weighted by molar-refractivity contribution is -0.0102. The Balaban J connectivity index is 1.95. The van der Waals surface area contributed by atoms with Crippen LogP contribution in [0.5, 0.6) is 0 Å². The first-order valence-electron chi connectivity index (χ1n) is 8.67. The monoisotopic (exact) mass is 329 g/mol. The lowest BCUT2D eigenvalue weighted by Gasteiger charge is -2.32. The van der Waals surface area contributed by atoms with Gasteiger partial charge in [-0.3, -0.25) is 0 Å². The third kappa shape index (κ3) is 2.68. The van der Waals surface area contributed by atoms with E-state index in [4.69, 9.17) is 14.1 Å². The Hall–Kier alpha value is -1.33. The zero-order valence-electron chi connectivity index (χ0n) is 16.1. The minimum atomic E-state index is -0.360. The van der Waals surface area contributed by atoms with E-state index in [0.717, 1.165) is 22.3 Å². The maximum atomic E-state index is 6.22. The quantitative estimate of drug-likeness (QED) is 0.781. The number of nitrogens with zero attached hydrogens (tertiary/aromatic N) is 1. The van der Waals surface area contributed by atoms with Gasteiger partial charge in [-0.05, 0) is 59.5 Å². The number of rotatable bonds is 2. The molecular formula is C19H28BNO3. The van der Waals surface area contributed by atoms with Gasteiger partial charge in [0.1, 0.15) is 5.60 Å². The standard InChI is InChI=1S/C19H28BNO3/c1-12-9-10-14(16-13(2)17(3,4)24-21-16)11-15(12)20-22-18(5,6)19(7,8)23-20/h9-11,13H,1-8H3. The van der Waals surface area contributed by atoms with Crippen molar-refractivity contribution in [3.8, 4) is 0 Å². The zero-order valence-corrected chi connectivity index (χ0v) is 16.1. The van der Waals surface area contributed by atoms with Crippen LogP contribution in [0.2, 0.25) is 0 Å². The van der Waals surface area contributed by atoms with E-state index in [1.165, 1.54) is 0 Å². The number of hydrogen-bond acceptors (Lipinski definition) is 4. The van der Waals surface area contributed by atoms with Crippen LogP contribution in [-0.2, 0) is 14.1 Å². The van der Waals surface area contributed by atoms with E-state index in [1.807, 2.05) is 0 Å². The van der Waals surface area contributed by atoms with Gasteiger partial charge in [0.15, 0.2) is 0 Å². The molecular weight excluding hydrogens is 301 g/mol. The summed E-state index contributed by atoms with van der Waals surface area (Å²) in [7, 11) is -0.360. The molecule has 2 aliphatic heterocycles. The van der Waals surface area contributed by atoms with Gasteiger partial charge in [0.05, 0.1) is 16.9 Å². The minimum Gasteiger partial charge on any atom is -0.399 e. The molecule has 0 aliphatic carbocycles. The largest absolute Gasteiger partial charge is 0.495 e. The highest BCUT2D eigenvalue weighted by atomic mass is 16.7. The van der Waals surface area contributed by atoms with Crippen LogP contribution in [0, 0.1) is 12.8 Å². The molecule has 3 rings (SSSR count). The van der Waals surface area contributed by atoms with Gasteiger partial charge in [0.2, 0.25) is 0 Å². The average Bonchev–Trinajstić information content (AvgIpc) is 2.84. The van der Waals surface area contributed by atoms with Crippen LogP contribution in [0.15, 0.2) is 23.4 Å². The normalized spacial score (nSPS) is 27.1. The third-order valence-electron chi connectivity index (χ3n) is 5.91. The number of benzene rings is 1. The highest BCUT2D eigenvalue weighted by Gasteiger charge is 2.52. The first kappa shape index (κ1) is 17.5. The molecule has 130 valence electrons. The van der Waals surface area contributed by atoms with Crippen LogP contribution < -0.4 is 5.46 Å². The fourth-order valence-corrected chi connectivity index (χ4v) is 2.98. The summed E-state index contributed by atoms with van der Waals surface area (Å²) < 4.78 is 12.4. The molecule has 0 spiro atoms. The predicted molar refractivity (Wildman–Crippen MR) is 97.8 cm³/mol. The Morgan fingerprint density at radius 2 is 1.58 bits per heavy atom. The lowest BCUT2D eigenvalue weighted by Crippen LogP contribution is -2.41. The lowest BCUT2D eigenvalue weighted by atomic mass is 9.74. The first-order chi connectivity index (χ1) is 10.9. The molecule has 1 unspecified atom stereocenters. The van der Waals surface area contributed by atoms with Gasteiger partial charge in [-0.1, -0.05) is 35.8 Å². The van der Waals surface area contributed by atoms with E-state index in [9.17, 15) is 0 Å². The molecule has 0 amide bonds. The summed E-state index contributed by atoms with van der Waals surface area (Å²) in [6.45, 7) is 16.7. The van der Waals surface area contributed by atoms with Crippen molar-refractivity contribution in [3.05, 3.63) is 29.3 Å². The average molecular weight is 329 g/mol. The summed E-state index contributed by atoms with van der Waals surface area (Å²) in [6, 6.07) is 6.35. The van der Waals surface area contributed by atoms with Crippen molar-refractivity contribution < 1.29 is 14.1 Å². The third-order valence-corrected chi connectivity index (χ3v) is 5.91. The molecule has 5 heteroatoms. The van der Waals surface area contributed by atoms with Crippen LogP contribution >= 0.6 is 0 Å². The van der Waals surface area contributed by atoms with Gasteiger partial charge in [0, 0.05) is 5.92 Å². The maximum absolute atomic E-state index is 6.22. The summed E-state index contributed by atoms with van der Waals surface area (Å²) in [5, 5.41) is 4.33. The molecule has 1 atom stereocenters. The molecule has 4 nitrogen and oxygen atoms in total. The van der Waals surface area contributed by atoms with Crippen molar-refractivity contribution in [2.45, 2.75) is 72.2 Å². The van der Waals surface area contributed by atoms with E-state index in [1.54, 1.807) is 0 Å². The molecule has 0 aromatic heterocycles. The molecule has 1 saturated heterocycles. The summed E-state index contributed by atoms with van der Waals surface area (Å²) in [5.74, 6) is 0.228. The molecule has 2 aliphatic rings. The van der Waals surface area contributed by atoms with Crippen LogP contribution in [0.3, 0.4) is 0 Å². The van der Waals surface area contributed by atoms with Crippen molar-refractivity contribution in [3.63, 3.8) is 0 Å². The number of aryl methyl sites for hydroxylation is 1. The Labute approximate surface area is 145 Å². The molecule has 1 aromatic rings. The second kappa shape index (κ2) is 5.33. The SMILES string of the molecule is Cc1ccc(C2=NOC(C)(C)C2C)cc1B1OC(C)(C)C(C)(C)O1. The molecule has 1 fully saturated rings. The zero-order chi connectivity index (χ0) is 17.9. The fourth-order valence-electron chi connectivity index (χ4n) is 2.98. The Bertz CT molecular complexity index is 678. The van der Waals surface area contributed by atoms with E-state index < -0.39 is 0 Å². The van der Waals surface area contributed by atoms with Gasteiger partial charge in [0.25, 0.3) is 0 Å². The molecule has 1 aromatic carbocycles. The van der Waals surface area contributed by atoms with Gasteiger partial charge in [-0.25, -0.2) is 0 Å². The predicted octanol–water partition coefficient (Wildman–Crippen LogP) is 3.44. The topological polar surface area (TPSA) is 40.0 Å². The summed E-state index contributed by atoms with van der Waals surface area (Å²) in [6.07, 6.45) is 0. The summed E-state index contributed by atoms with van der Waals surface area (Å²) in [5.41, 5.74) is 3.31. The van der Waals surface area contributed by atoms with E-state index in [0.29, 0.717) is 0 Å². The van der Waals surface area contributed by atoms with Crippen LogP contribution in [0.25, 0.3) is 0 Å². The van der Waals surface area contributed by atoms with Crippen LogP contribution in [-0.4, -0.2) is 29.6 Å². The van der Waals surface area contributed by atoms with Gasteiger partial charge < -0.3 is 14.1 Å². The molecule has 0 bridgehead atoms. The van der Waals surface area contributed by atoms with E-state index in [-0.39, 0.29) is 29.8 Å². The van der Waals surface area contributed by atoms with Crippen LogP contribution in [0.4, 0.5) is 0 Å². The van der Waals surface area contributed by atoms with Gasteiger partial charge in [-0.2, -0.15) is 0 Å². The molecule has 0 saturated carbocycles. The first-order valence-corrected chi connectivity index (χ1v) is 8.67. The molecule has 2 heterocycles. The molecule has 24 heavy (non-hydrogen) atoms. The number of oxime groups is 1. The molecule has 0 N–H and O–H groups in total. The molecule has 0 radical (unpaired) electrons. The van der Waals surface area contributed by atoms with Crippen molar-refractivity contribution in [2.75, 3.05) is 0 Å². The van der Waals surface area contributed by atoms with Crippen molar-refractivity contribution >= 4 is 18.3 Å². The van der Waals surface area contributed by atoms with Gasteiger partial charge >= 0.3 is 7.12 Å². The van der Waals surface area contributed by atoms with E-state index in [2.05, 4.69) is 78.7 Å². The van der Waals surface area contributed by atoms with Crippen molar-refractivity contribution in [1.82, 2.24) is 0 Å². The minimum absolute atomic E-state index is 0.228. The second-order valence-corrected chi connectivity index (χ2v) is 8.55.